The molecule has 19 heavy (non-hydrogen) atoms. The summed E-state index contributed by atoms with van der Waals surface area (Å²) in [6, 6.07) is 2.85. The first kappa shape index (κ1) is 13.9. The summed E-state index contributed by atoms with van der Waals surface area (Å²) >= 11 is 0. The van der Waals surface area contributed by atoms with Crippen LogP contribution < -0.4 is 15.8 Å². The second-order valence-electron chi connectivity index (χ2n) is 4.45. The monoisotopic (exact) mass is 287 g/mol. The summed E-state index contributed by atoms with van der Waals surface area (Å²) < 4.78 is 39.9. The molecular weight excluding hydrogens is 273 g/mol. The summed E-state index contributed by atoms with van der Waals surface area (Å²) in [6.45, 7) is 1.28. The molecule has 2 atom stereocenters. The molecule has 104 valence electrons. The number of sulfonamides is 1. The van der Waals surface area contributed by atoms with E-state index in [-0.39, 0.29) is 23.7 Å². The molecule has 1 aromatic carbocycles. The topological polar surface area (TPSA) is 101 Å². The Hall–Kier alpha value is -1.51. The van der Waals surface area contributed by atoms with Gasteiger partial charge in [0.05, 0.1) is 0 Å². The van der Waals surface area contributed by atoms with Crippen molar-refractivity contribution in [2.45, 2.75) is 30.3 Å². The summed E-state index contributed by atoms with van der Waals surface area (Å²) in [5.74, 6) is -1.29. The minimum absolute atomic E-state index is 0.201. The van der Waals surface area contributed by atoms with Crippen LogP contribution in [0.25, 0.3) is 0 Å². The van der Waals surface area contributed by atoms with Crippen LogP contribution in [0, 0.1) is 5.82 Å². The van der Waals surface area contributed by atoms with Crippen molar-refractivity contribution in [3.63, 3.8) is 0 Å². The quantitative estimate of drug-likeness (QED) is 0.734. The molecule has 1 aliphatic rings. The van der Waals surface area contributed by atoms with Gasteiger partial charge in [0.15, 0.2) is 0 Å². The third kappa shape index (κ3) is 3.28. The Balaban J connectivity index is 2.22. The number of benzene rings is 1. The highest BCUT2D eigenvalue weighted by Crippen LogP contribution is 2.24. The van der Waals surface area contributed by atoms with Crippen LogP contribution in [0.5, 0.6) is 0 Å². The lowest BCUT2D eigenvalue weighted by Gasteiger charge is -2.08. The van der Waals surface area contributed by atoms with E-state index in [0.717, 1.165) is 12.1 Å². The summed E-state index contributed by atoms with van der Waals surface area (Å²) in [5, 5.41) is 2.37. The average molecular weight is 287 g/mol. The number of nitrogens with two attached hydrogens (primary N) is 1. The summed E-state index contributed by atoms with van der Waals surface area (Å²) in [6.07, 6.45) is 0.546. The van der Waals surface area contributed by atoms with Crippen molar-refractivity contribution in [2.24, 2.45) is 5.73 Å². The number of anilines is 1. The molecule has 1 aliphatic carbocycles. The van der Waals surface area contributed by atoms with Crippen LogP contribution >= 0.6 is 0 Å². The van der Waals surface area contributed by atoms with E-state index in [9.17, 15) is 17.6 Å². The predicted octanol–water partition coefficient (Wildman–Crippen LogP) is 0.162. The van der Waals surface area contributed by atoms with Crippen LogP contribution in [0.3, 0.4) is 0 Å². The Morgan fingerprint density at radius 1 is 1.47 bits per heavy atom. The smallest absolute Gasteiger partial charge is 0.243 e. The fraction of sp³-hybridized carbons (Fsp3) is 0.364. The lowest BCUT2D eigenvalue weighted by atomic mass is 10.3. The molecule has 0 radical (unpaired) electrons. The molecule has 0 saturated heterocycles. The molecule has 6 nitrogen and oxygen atoms in total. The Morgan fingerprint density at radius 2 is 2.11 bits per heavy atom. The van der Waals surface area contributed by atoms with E-state index in [1.807, 2.05) is 0 Å². The molecule has 0 heterocycles. The van der Waals surface area contributed by atoms with E-state index >= 15 is 0 Å². The Bertz CT molecular complexity index is 618. The lowest BCUT2D eigenvalue weighted by molar-refractivity contribution is -0.114. The SMILES string of the molecule is CC(=O)Nc1ccc(S(=O)(=O)NC2CC2N)c(F)c1. The minimum Gasteiger partial charge on any atom is -0.326 e. The number of carbonyl (C=O) groups is 1. The largest absolute Gasteiger partial charge is 0.326 e. The molecule has 1 fully saturated rings. The third-order valence-electron chi connectivity index (χ3n) is 2.69. The zero-order valence-electron chi connectivity index (χ0n) is 10.2. The molecule has 2 unspecified atom stereocenters. The number of amides is 1. The van der Waals surface area contributed by atoms with Gasteiger partial charge in [-0.2, -0.15) is 0 Å². The molecule has 1 aromatic rings. The summed E-state index contributed by atoms with van der Waals surface area (Å²) in [4.78, 5) is 10.4. The third-order valence-corrected chi connectivity index (χ3v) is 4.21. The van der Waals surface area contributed by atoms with Gasteiger partial charge in [0.1, 0.15) is 10.7 Å². The van der Waals surface area contributed by atoms with E-state index in [0.29, 0.717) is 6.42 Å². The van der Waals surface area contributed by atoms with Gasteiger partial charge >= 0.3 is 0 Å². The first-order valence-electron chi connectivity index (χ1n) is 5.64. The zero-order chi connectivity index (χ0) is 14.2. The van der Waals surface area contributed by atoms with Crippen molar-refractivity contribution in [1.29, 1.82) is 0 Å². The van der Waals surface area contributed by atoms with Crippen LogP contribution in [0.2, 0.25) is 0 Å². The second-order valence-corrected chi connectivity index (χ2v) is 6.14. The van der Waals surface area contributed by atoms with Crippen molar-refractivity contribution >= 4 is 21.6 Å². The number of hydrogen-bond acceptors (Lipinski definition) is 4. The highest BCUT2D eigenvalue weighted by molar-refractivity contribution is 7.89. The second kappa shape index (κ2) is 4.87. The maximum Gasteiger partial charge on any atom is 0.243 e. The van der Waals surface area contributed by atoms with Crippen molar-refractivity contribution in [3.05, 3.63) is 24.0 Å². The van der Waals surface area contributed by atoms with Crippen LogP contribution in [-0.2, 0) is 14.8 Å². The van der Waals surface area contributed by atoms with Crippen molar-refractivity contribution in [3.8, 4) is 0 Å². The lowest BCUT2D eigenvalue weighted by Crippen LogP contribution is -2.30. The van der Waals surface area contributed by atoms with E-state index in [2.05, 4.69) is 10.0 Å². The Labute approximate surface area is 110 Å². The highest BCUT2D eigenvalue weighted by Gasteiger charge is 2.37. The van der Waals surface area contributed by atoms with Gasteiger partial charge in [0.2, 0.25) is 15.9 Å². The van der Waals surface area contributed by atoms with Crippen LogP contribution in [0.4, 0.5) is 10.1 Å². The first-order valence-corrected chi connectivity index (χ1v) is 7.13. The molecule has 0 spiro atoms. The first-order chi connectivity index (χ1) is 8.79. The normalized spacial score (nSPS) is 22.1. The summed E-state index contributed by atoms with van der Waals surface area (Å²) in [5.41, 5.74) is 5.70. The minimum atomic E-state index is -3.92. The van der Waals surface area contributed by atoms with Crippen molar-refractivity contribution < 1.29 is 17.6 Å². The molecule has 2 rings (SSSR count). The highest BCUT2D eigenvalue weighted by atomic mass is 32.2. The van der Waals surface area contributed by atoms with Crippen molar-refractivity contribution in [2.75, 3.05) is 5.32 Å². The van der Waals surface area contributed by atoms with E-state index in [1.54, 1.807) is 0 Å². The molecular formula is C11H14FN3O3S. The molecule has 8 heteroatoms. The molecule has 0 aromatic heterocycles. The Kier molecular flexibility index (Phi) is 3.57. The maximum absolute atomic E-state index is 13.8. The number of nitrogens with one attached hydrogen (secondary N) is 2. The molecule has 4 N–H and O–H groups in total. The van der Waals surface area contributed by atoms with E-state index in [4.69, 9.17) is 5.73 Å². The standard InChI is InChI=1S/C11H14FN3O3S/c1-6(16)14-7-2-3-11(8(12)4-7)19(17,18)15-10-5-9(10)13/h2-4,9-10,15H,5,13H2,1H3,(H,14,16). The predicted molar refractivity (Wildman–Crippen MR) is 67.4 cm³/mol. The number of carbonyl (C=O) groups excluding carboxylic acids is 1. The molecule has 0 bridgehead atoms. The molecule has 0 aliphatic heterocycles. The number of halogens is 1. The number of rotatable bonds is 4. The number of hydrogen-bond donors (Lipinski definition) is 3. The van der Waals surface area contributed by atoms with Crippen LogP contribution in [0.1, 0.15) is 13.3 Å². The van der Waals surface area contributed by atoms with Gasteiger partial charge in [0, 0.05) is 24.7 Å². The maximum atomic E-state index is 13.8. The van der Waals surface area contributed by atoms with Gasteiger partial charge in [-0.05, 0) is 24.6 Å². The Morgan fingerprint density at radius 3 is 2.58 bits per heavy atom. The fourth-order valence-corrected chi connectivity index (χ4v) is 2.97. The van der Waals surface area contributed by atoms with Gasteiger partial charge in [-0.1, -0.05) is 0 Å². The van der Waals surface area contributed by atoms with Crippen LogP contribution in [-0.4, -0.2) is 26.4 Å². The molecule has 1 saturated carbocycles. The average Bonchev–Trinajstić information content (AvgIpc) is 2.91. The van der Waals surface area contributed by atoms with E-state index < -0.39 is 20.7 Å². The zero-order valence-corrected chi connectivity index (χ0v) is 11.0. The van der Waals surface area contributed by atoms with Gasteiger partial charge in [0.25, 0.3) is 0 Å². The van der Waals surface area contributed by atoms with Gasteiger partial charge in [-0.25, -0.2) is 17.5 Å². The summed E-state index contributed by atoms with van der Waals surface area (Å²) in [7, 11) is -3.92. The van der Waals surface area contributed by atoms with E-state index in [1.165, 1.54) is 13.0 Å². The van der Waals surface area contributed by atoms with Crippen LogP contribution in [0.15, 0.2) is 23.1 Å². The molecule has 1 amide bonds. The van der Waals surface area contributed by atoms with Gasteiger partial charge in [-0.15, -0.1) is 0 Å². The van der Waals surface area contributed by atoms with Gasteiger partial charge < -0.3 is 11.1 Å². The van der Waals surface area contributed by atoms with Gasteiger partial charge in [-0.3, -0.25) is 4.79 Å². The fourth-order valence-electron chi connectivity index (χ4n) is 1.61. The van der Waals surface area contributed by atoms with Crippen molar-refractivity contribution in [1.82, 2.24) is 4.72 Å².